The Kier molecular flexibility index (Phi) is 4.37. The van der Waals surface area contributed by atoms with E-state index in [1.807, 2.05) is 4.90 Å². The van der Waals surface area contributed by atoms with Crippen molar-refractivity contribution in [1.29, 1.82) is 0 Å². The van der Waals surface area contributed by atoms with Crippen LogP contribution in [0.25, 0.3) is 0 Å². The fraction of sp³-hybridized carbons (Fsp3) is 0.333. The zero-order valence-corrected chi connectivity index (χ0v) is 14.8. The standard InChI is InChI=1S/C21H22N2O3/c1-14-7-9-15(10-8-14)12-16-4-3-11-23(16)21(25)17-5-2-6-18-20(17)26-13-19(24)22-18/h2,5-10,16H,3-4,11-13H2,1H3,(H,22,24). The monoisotopic (exact) mass is 350 g/mol. The van der Waals surface area contributed by atoms with Crippen molar-refractivity contribution in [2.45, 2.75) is 32.2 Å². The van der Waals surface area contributed by atoms with Crippen LogP contribution in [0.15, 0.2) is 42.5 Å². The molecule has 1 fully saturated rings. The molecule has 5 heteroatoms. The number of anilines is 1. The predicted octanol–water partition coefficient (Wildman–Crippen LogP) is 3.17. The number of hydrogen-bond acceptors (Lipinski definition) is 3. The van der Waals surface area contributed by atoms with Crippen LogP contribution in [0.3, 0.4) is 0 Å². The van der Waals surface area contributed by atoms with Crippen molar-refractivity contribution in [2.75, 3.05) is 18.5 Å². The van der Waals surface area contributed by atoms with Crippen molar-refractivity contribution in [3.8, 4) is 5.75 Å². The third-order valence-corrected chi connectivity index (χ3v) is 5.10. The van der Waals surface area contributed by atoms with Crippen molar-refractivity contribution >= 4 is 17.5 Å². The van der Waals surface area contributed by atoms with Crippen LogP contribution >= 0.6 is 0 Å². The minimum Gasteiger partial charge on any atom is -0.481 e. The molecule has 26 heavy (non-hydrogen) atoms. The van der Waals surface area contributed by atoms with E-state index in [9.17, 15) is 9.59 Å². The second-order valence-corrected chi connectivity index (χ2v) is 7.00. The molecule has 0 saturated carbocycles. The van der Waals surface area contributed by atoms with Gasteiger partial charge < -0.3 is 15.0 Å². The average Bonchev–Trinajstić information content (AvgIpc) is 3.10. The Bertz CT molecular complexity index is 845. The first-order valence-electron chi connectivity index (χ1n) is 9.04. The van der Waals surface area contributed by atoms with Gasteiger partial charge in [-0.05, 0) is 43.9 Å². The maximum Gasteiger partial charge on any atom is 0.262 e. The second-order valence-electron chi connectivity index (χ2n) is 7.00. The van der Waals surface area contributed by atoms with Crippen molar-refractivity contribution in [3.63, 3.8) is 0 Å². The van der Waals surface area contributed by atoms with Gasteiger partial charge in [-0.15, -0.1) is 0 Å². The molecular formula is C21H22N2O3. The fourth-order valence-corrected chi connectivity index (χ4v) is 3.75. The number of ether oxygens (including phenoxy) is 1. The molecule has 0 spiro atoms. The summed E-state index contributed by atoms with van der Waals surface area (Å²) in [5.74, 6) is 0.270. The zero-order chi connectivity index (χ0) is 18.1. The van der Waals surface area contributed by atoms with Gasteiger partial charge in [-0.25, -0.2) is 0 Å². The highest BCUT2D eigenvalue weighted by atomic mass is 16.5. The Morgan fingerprint density at radius 1 is 1.23 bits per heavy atom. The van der Waals surface area contributed by atoms with E-state index in [2.05, 4.69) is 36.5 Å². The predicted molar refractivity (Wildman–Crippen MR) is 99.5 cm³/mol. The van der Waals surface area contributed by atoms with Gasteiger partial charge in [0, 0.05) is 12.6 Å². The van der Waals surface area contributed by atoms with Gasteiger partial charge in [0.15, 0.2) is 12.4 Å². The summed E-state index contributed by atoms with van der Waals surface area (Å²) in [5, 5.41) is 2.77. The Morgan fingerprint density at radius 2 is 2.04 bits per heavy atom. The number of carbonyl (C=O) groups is 2. The highest BCUT2D eigenvalue weighted by molar-refractivity contribution is 6.03. The molecule has 1 saturated heterocycles. The summed E-state index contributed by atoms with van der Waals surface area (Å²) < 4.78 is 5.55. The van der Waals surface area contributed by atoms with E-state index < -0.39 is 0 Å². The third-order valence-electron chi connectivity index (χ3n) is 5.10. The van der Waals surface area contributed by atoms with Gasteiger partial charge in [0.25, 0.3) is 11.8 Å². The topological polar surface area (TPSA) is 58.6 Å². The van der Waals surface area contributed by atoms with Crippen molar-refractivity contribution in [2.24, 2.45) is 0 Å². The maximum atomic E-state index is 13.2. The lowest BCUT2D eigenvalue weighted by Crippen LogP contribution is -2.37. The van der Waals surface area contributed by atoms with Crippen molar-refractivity contribution in [3.05, 3.63) is 59.2 Å². The lowest BCUT2D eigenvalue weighted by Gasteiger charge is -2.27. The lowest BCUT2D eigenvalue weighted by molar-refractivity contribution is -0.118. The Hall–Kier alpha value is -2.82. The highest BCUT2D eigenvalue weighted by Crippen LogP contribution is 2.34. The summed E-state index contributed by atoms with van der Waals surface area (Å²) in [6.45, 7) is 2.78. The van der Waals surface area contributed by atoms with Gasteiger partial charge in [0.2, 0.25) is 0 Å². The molecule has 2 heterocycles. The van der Waals surface area contributed by atoms with Crippen LogP contribution < -0.4 is 10.1 Å². The van der Waals surface area contributed by atoms with E-state index >= 15 is 0 Å². The number of aryl methyl sites for hydroxylation is 1. The van der Waals surface area contributed by atoms with Gasteiger partial charge in [-0.3, -0.25) is 9.59 Å². The van der Waals surface area contributed by atoms with Gasteiger partial charge >= 0.3 is 0 Å². The number of nitrogens with zero attached hydrogens (tertiary/aromatic N) is 1. The first-order valence-corrected chi connectivity index (χ1v) is 9.04. The minimum atomic E-state index is -0.194. The molecular weight excluding hydrogens is 328 g/mol. The van der Waals surface area contributed by atoms with Gasteiger partial charge in [-0.2, -0.15) is 0 Å². The third kappa shape index (κ3) is 3.17. The number of nitrogens with one attached hydrogen (secondary N) is 1. The molecule has 2 aliphatic rings. The van der Waals surface area contributed by atoms with Crippen LogP contribution in [0.1, 0.15) is 34.3 Å². The average molecular weight is 350 g/mol. The van der Waals surface area contributed by atoms with Crippen molar-refractivity contribution in [1.82, 2.24) is 4.90 Å². The van der Waals surface area contributed by atoms with E-state index in [0.29, 0.717) is 17.0 Å². The number of carbonyl (C=O) groups excluding carboxylic acids is 2. The molecule has 0 bridgehead atoms. The van der Waals surface area contributed by atoms with E-state index in [0.717, 1.165) is 25.8 Å². The molecule has 0 aliphatic carbocycles. The summed E-state index contributed by atoms with van der Waals surface area (Å²) in [4.78, 5) is 26.7. The summed E-state index contributed by atoms with van der Waals surface area (Å²) in [6.07, 6.45) is 2.87. The Balaban J connectivity index is 1.56. The zero-order valence-electron chi connectivity index (χ0n) is 14.8. The minimum absolute atomic E-state index is 0.0207. The highest BCUT2D eigenvalue weighted by Gasteiger charge is 2.32. The van der Waals surface area contributed by atoms with Crippen LogP contribution in [0.2, 0.25) is 0 Å². The number of hydrogen-bond donors (Lipinski definition) is 1. The molecule has 2 aromatic carbocycles. The maximum absolute atomic E-state index is 13.2. The van der Waals surface area contributed by atoms with E-state index in [1.165, 1.54) is 11.1 Å². The van der Waals surface area contributed by atoms with E-state index in [-0.39, 0.29) is 24.5 Å². The summed E-state index contributed by atoms with van der Waals surface area (Å²) in [6, 6.07) is 14.0. The Labute approximate surface area is 153 Å². The van der Waals surface area contributed by atoms with Crippen LogP contribution in [-0.4, -0.2) is 35.9 Å². The molecule has 2 aromatic rings. The van der Waals surface area contributed by atoms with Crippen molar-refractivity contribution < 1.29 is 14.3 Å². The first kappa shape index (κ1) is 16.6. The second kappa shape index (κ2) is 6.83. The van der Waals surface area contributed by atoms with Gasteiger partial charge in [0.05, 0.1) is 11.3 Å². The molecule has 4 rings (SSSR count). The summed E-state index contributed by atoms with van der Waals surface area (Å²) in [5.41, 5.74) is 3.59. The van der Waals surface area contributed by atoms with Crippen LogP contribution in [0.5, 0.6) is 5.75 Å². The van der Waals surface area contributed by atoms with Gasteiger partial charge in [0.1, 0.15) is 0 Å². The largest absolute Gasteiger partial charge is 0.481 e. The first-order chi connectivity index (χ1) is 12.6. The number of fused-ring (bicyclic) bond motifs is 1. The molecule has 0 radical (unpaired) electrons. The molecule has 0 aromatic heterocycles. The smallest absolute Gasteiger partial charge is 0.262 e. The number of likely N-dealkylation sites (tertiary alicyclic amines) is 1. The number of amides is 2. The number of para-hydroxylation sites is 1. The van der Waals surface area contributed by atoms with Gasteiger partial charge in [-0.1, -0.05) is 35.9 Å². The Morgan fingerprint density at radius 3 is 2.85 bits per heavy atom. The van der Waals surface area contributed by atoms with E-state index in [4.69, 9.17) is 4.74 Å². The molecule has 2 aliphatic heterocycles. The summed E-state index contributed by atoms with van der Waals surface area (Å²) in [7, 11) is 0. The number of benzene rings is 2. The lowest BCUT2D eigenvalue weighted by atomic mass is 10.0. The van der Waals surface area contributed by atoms with Crippen LogP contribution in [-0.2, 0) is 11.2 Å². The summed E-state index contributed by atoms with van der Waals surface area (Å²) >= 11 is 0. The quantitative estimate of drug-likeness (QED) is 0.925. The SMILES string of the molecule is Cc1ccc(CC2CCCN2C(=O)c2cccc3c2OCC(=O)N3)cc1. The molecule has 1 N–H and O–H groups in total. The molecule has 134 valence electrons. The molecule has 5 nitrogen and oxygen atoms in total. The molecule has 1 unspecified atom stereocenters. The van der Waals surface area contributed by atoms with E-state index in [1.54, 1.807) is 18.2 Å². The fourth-order valence-electron chi connectivity index (χ4n) is 3.75. The molecule has 2 amide bonds. The number of rotatable bonds is 3. The van der Waals surface area contributed by atoms with Crippen LogP contribution in [0.4, 0.5) is 5.69 Å². The molecule has 1 atom stereocenters. The van der Waals surface area contributed by atoms with Crippen LogP contribution in [0, 0.1) is 6.92 Å². The normalized spacial score (nSPS) is 18.9.